The van der Waals surface area contributed by atoms with Crippen molar-refractivity contribution in [2.24, 2.45) is 0 Å². The van der Waals surface area contributed by atoms with Gasteiger partial charge in [0, 0.05) is 26.1 Å². The summed E-state index contributed by atoms with van der Waals surface area (Å²) in [6.45, 7) is 5.51. The normalized spacial score (nSPS) is 10.1. The van der Waals surface area contributed by atoms with Crippen molar-refractivity contribution in [3.63, 3.8) is 0 Å². The minimum atomic E-state index is -0.240. The number of hydrogen-bond donors (Lipinski definition) is 2. The summed E-state index contributed by atoms with van der Waals surface area (Å²) in [5.74, 6) is -0.218. The number of carbonyl (C=O) groups excluding carboxylic acids is 1. The lowest BCUT2D eigenvalue weighted by atomic mass is 10.1. The fraction of sp³-hybridized carbons (Fsp3) is 0.357. The molecule has 18 heavy (non-hydrogen) atoms. The second-order valence-electron chi connectivity index (χ2n) is 3.97. The lowest BCUT2D eigenvalue weighted by Gasteiger charge is -2.05. The Bertz CT molecular complexity index is 376. The Hall–Kier alpha value is -1.68. The fourth-order valence-electron chi connectivity index (χ4n) is 1.49. The Morgan fingerprint density at radius 2 is 2.00 bits per heavy atom. The number of benzene rings is 1. The third-order valence-corrected chi connectivity index (χ3v) is 2.47. The van der Waals surface area contributed by atoms with Crippen molar-refractivity contribution < 1.29 is 9.18 Å². The van der Waals surface area contributed by atoms with Gasteiger partial charge in [-0.25, -0.2) is 4.39 Å². The fourth-order valence-corrected chi connectivity index (χ4v) is 1.49. The molecule has 0 aliphatic rings. The summed E-state index contributed by atoms with van der Waals surface area (Å²) in [6, 6.07) is 6.31. The third kappa shape index (κ3) is 6.15. The topological polar surface area (TPSA) is 41.1 Å². The van der Waals surface area contributed by atoms with Gasteiger partial charge < -0.3 is 10.6 Å². The summed E-state index contributed by atoms with van der Waals surface area (Å²) in [5, 5.41) is 5.88. The Morgan fingerprint density at radius 3 is 2.67 bits per heavy atom. The van der Waals surface area contributed by atoms with Crippen molar-refractivity contribution in [2.45, 2.75) is 12.8 Å². The second kappa shape index (κ2) is 8.42. The highest BCUT2D eigenvalue weighted by molar-refractivity contribution is 5.76. The number of hydrogen-bond acceptors (Lipinski definition) is 2. The van der Waals surface area contributed by atoms with Crippen molar-refractivity contribution in [1.82, 2.24) is 10.6 Å². The van der Waals surface area contributed by atoms with Crippen molar-refractivity contribution in [1.29, 1.82) is 0 Å². The summed E-state index contributed by atoms with van der Waals surface area (Å²) >= 11 is 0. The first-order chi connectivity index (χ1) is 8.72. The van der Waals surface area contributed by atoms with Crippen LogP contribution in [0.25, 0.3) is 0 Å². The third-order valence-electron chi connectivity index (χ3n) is 2.47. The van der Waals surface area contributed by atoms with E-state index in [2.05, 4.69) is 17.2 Å². The molecule has 2 N–H and O–H groups in total. The van der Waals surface area contributed by atoms with Crippen molar-refractivity contribution in [3.05, 3.63) is 48.3 Å². The lowest BCUT2D eigenvalue weighted by molar-refractivity contribution is -0.120. The maximum Gasteiger partial charge on any atom is 0.221 e. The van der Waals surface area contributed by atoms with Gasteiger partial charge in [-0.3, -0.25) is 4.79 Å². The van der Waals surface area contributed by atoms with E-state index in [0.717, 1.165) is 5.56 Å². The number of carbonyl (C=O) groups is 1. The Kier molecular flexibility index (Phi) is 6.72. The smallest absolute Gasteiger partial charge is 0.221 e. The van der Waals surface area contributed by atoms with Gasteiger partial charge in [0.1, 0.15) is 5.82 Å². The highest BCUT2D eigenvalue weighted by atomic mass is 19.1. The molecule has 0 fully saturated rings. The van der Waals surface area contributed by atoms with Gasteiger partial charge in [-0.15, -0.1) is 6.58 Å². The van der Waals surface area contributed by atoms with Crippen LogP contribution in [0.1, 0.15) is 12.0 Å². The summed E-state index contributed by atoms with van der Waals surface area (Å²) in [6.07, 6.45) is 2.93. The molecule has 0 bridgehead atoms. The quantitative estimate of drug-likeness (QED) is 0.544. The molecule has 0 aliphatic heterocycles. The van der Waals surface area contributed by atoms with Crippen LogP contribution >= 0.6 is 0 Å². The van der Waals surface area contributed by atoms with E-state index < -0.39 is 0 Å². The van der Waals surface area contributed by atoms with Crippen LogP contribution in [0, 0.1) is 5.82 Å². The van der Waals surface area contributed by atoms with Crippen molar-refractivity contribution in [3.8, 4) is 0 Å². The van der Waals surface area contributed by atoms with Crippen LogP contribution in [-0.2, 0) is 11.2 Å². The van der Waals surface area contributed by atoms with E-state index in [9.17, 15) is 9.18 Å². The molecule has 0 saturated carbocycles. The van der Waals surface area contributed by atoms with Crippen molar-refractivity contribution in [2.75, 3.05) is 19.6 Å². The zero-order valence-electron chi connectivity index (χ0n) is 10.4. The van der Waals surface area contributed by atoms with Crippen LogP contribution in [0.2, 0.25) is 0 Å². The minimum absolute atomic E-state index is 0.0219. The van der Waals surface area contributed by atoms with Gasteiger partial charge in [0.15, 0.2) is 0 Å². The van der Waals surface area contributed by atoms with Gasteiger partial charge in [-0.1, -0.05) is 18.2 Å². The lowest BCUT2D eigenvalue weighted by Crippen LogP contribution is -2.29. The average molecular weight is 250 g/mol. The molecule has 0 radical (unpaired) electrons. The van der Waals surface area contributed by atoms with E-state index in [0.29, 0.717) is 32.5 Å². The molecular formula is C14H19FN2O. The summed E-state index contributed by atoms with van der Waals surface area (Å²) in [7, 11) is 0. The summed E-state index contributed by atoms with van der Waals surface area (Å²) in [4.78, 5) is 11.4. The predicted molar refractivity (Wildman–Crippen MR) is 70.8 cm³/mol. The zero-order chi connectivity index (χ0) is 13.2. The molecule has 0 atom stereocenters. The molecule has 0 aliphatic carbocycles. The van der Waals surface area contributed by atoms with Crippen LogP contribution < -0.4 is 10.6 Å². The van der Waals surface area contributed by atoms with E-state index in [1.165, 1.54) is 12.1 Å². The predicted octanol–water partition coefficient (Wildman–Crippen LogP) is 1.65. The van der Waals surface area contributed by atoms with Crippen LogP contribution in [0.15, 0.2) is 36.9 Å². The van der Waals surface area contributed by atoms with Crippen LogP contribution in [-0.4, -0.2) is 25.5 Å². The van der Waals surface area contributed by atoms with Gasteiger partial charge in [0.05, 0.1) is 0 Å². The molecule has 0 aromatic heterocycles. The summed E-state index contributed by atoms with van der Waals surface area (Å²) < 4.78 is 12.7. The zero-order valence-corrected chi connectivity index (χ0v) is 10.4. The largest absolute Gasteiger partial charge is 0.356 e. The molecule has 0 saturated heterocycles. The second-order valence-corrected chi connectivity index (χ2v) is 3.97. The maximum absolute atomic E-state index is 12.7. The SMILES string of the molecule is C=CCNCCC(=O)NCCc1ccc(F)cc1. The van der Waals surface area contributed by atoms with Crippen molar-refractivity contribution >= 4 is 5.91 Å². The summed E-state index contributed by atoms with van der Waals surface area (Å²) in [5.41, 5.74) is 1.02. The minimum Gasteiger partial charge on any atom is -0.356 e. The van der Waals surface area contributed by atoms with Gasteiger partial charge in [0.2, 0.25) is 5.91 Å². The molecule has 3 nitrogen and oxygen atoms in total. The van der Waals surface area contributed by atoms with E-state index >= 15 is 0 Å². The molecule has 1 rings (SSSR count). The van der Waals surface area contributed by atoms with Gasteiger partial charge >= 0.3 is 0 Å². The molecule has 4 heteroatoms. The maximum atomic E-state index is 12.7. The van der Waals surface area contributed by atoms with Gasteiger partial charge in [0.25, 0.3) is 0 Å². The Labute approximate surface area is 107 Å². The molecule has 98 valence electrons. The molecule has 1 aromatic carbocycles. The first kappa shape index (κ1) is 14.4. The monoisotopic (exact) mass is 250 g/mol. The molecular weight excluding hydrogens is 231 g/mol. The van der Waals surface area contributed by atoms with E-state index in [1.54, 1.807) is 18.2 Å². The van der Waals surface area contributed by atoms with Crippen LogP contribution in [0.3, 0.4) is 0 Å². The number of halogens is 1. The first-order valence-corrected chi connectivity index (χ1v) is 6.05. The average Bonchev–Trinajstić information content (AvgIpc) is 2.37. The van der Waals surface area contributed by atoms with E-state index in [-0.39, 0.29) is 11.7 Å². The molecule has 1 amide bonds. The Morgan fingerprint density at radius 1 is 1.28 bits per heavy atom. The number of nitrogens with one attached hydrogen (secondary N) is 2. The molecule has 0 unspecified atom stereocenters. The number of amides is 1. The van der Waals surface area contributed by atoms with Gasteiger partial charge in [-0.2, -0.15) is 0 Å². The highest BCUT2D eigenvalue weighted by Gasteiger charge is 2.00. The first-order valence-electron chi connectivity index (χ1n) is 6.05. The standard InChI is InChI=1S/C14H19FN2O/c1-2-9-16-10-8-14(18)17-11-7-12-3-5-13(15)6-4-12/h2-6,16H,1,7-11H2,(H,17,18). The molecule has 1 aromatic rings. The highest BCUT2D eigenvalue weighted by Crippen LogP contribution is 2.02. The van der Waals surface area contributed by atoms with Crippen LogP contribution in [0.5, 0.6) is 0 Å². The number of rotatable bonds is 8. The molecule has 0 heterocycles. The van der Waals surface area contributed by atoms with Gasteiger partial charge in [-0.05, 0) is 24.1 Å². The van der Waals surface area contributed by atoms with E-state index in [4.69, 9.17) is 0 Å². The van der Waals surface area contributed by atoms with Crippen LogP contribution in [0.4, 0.5) is 4.39 Å². The molecule has 0 spiro atoms. The Balaban J connectivity index is 2.11. The van der Waals surface area contributed by atoms with E-state index in [1.807, 2.05) is 0 Å².